The summed E-state index contributed by atoms with van der Waals surface area (Å²) < 4.78 is 15.4. The molecule has 0 aliphatic carbocycles. The molecule has 9 heteroatoms. The number of nitrogens with zero attached hydrogens (tertiary/aromatic N) is 2. The summed E-state index contributed by atoms with van der Waals surface area (Å²) in [5.41, 5.74) is 0.923. The first kappa shape index (κ1) is 15.8. The summed E-state index contributed by atoms with van der Waals surface area (Å²) in [6, 6.07) is 2.76. The van der Waals surface area contributed by atoms with Gasteiger partial charge in [-0.25, -0.2) is 9.37 Å². The normalized spacial score (nSPS) is 10.8. The lowest BCUT2D eigenvalue weighted by molar-refractivity contribution is -0.133. The molecule has 0 saturated heterocycles. The monoisotopic (exact) mass is 375 g/mol. The minimum Gasteiger partial charge on any atom is -0.481 e. The number of amides is 1. The van der Waals surface area contributed by atoms with E-state index in [1.54, 1.807) is 4.57 Å². The van der Waals surface area contributed by atoms with Crippen LogP contribution in [-0.4, -0.2) is 39.3 Å². The lowest BCUT2D eigenvalue weighted by atomic mass is 10.3. The molecule has 0 fully saturated rings. The highest BCUT2D eigenvalue weighted by Crippen LogP contribution is 2.28. The first-order valence-electron chi connectivity index (χ1n) is 5.83. The van der Waals surface area contributed by atoms with E-state index in [1.165, 1.54) is 19.2 Å². The van der Waals surface area contributed by atoms with E-state index >= 15 is 0 Å². The molecule has 1 amide bonds. The van der Waals surface area contributed by atoms with Gasteiger partial charge in [-0.3, -0.25) is 9.59 Å². The fourth-order valence-corrected chi connectivity index (χ4v) is 2.78. The van der Waals surface area contributed by atoms with Crippen molar-refractivity contribution in [2.75, 3.05) is 12.8 Å². The van der Waals surface area contributed by atoms with E-state index in [4.69, 9.17) is 5.11 Å². The number of hydrogen-bond acceptors (Lipinski definition) is 4. The number of aliphatic carboxylic acids is 1. The Kier molecular flexibility index (Phi) is 4.84. The lowest BCUT2D eigenvalue weighted by Crippen LogP contribution is -2.23. The number of thioether (sulfide) groups is 1. The number of aromatic nitrogens is 2. The molecule has 6 nitrogen and oxygen atoms in total. The maximum Gasteiger partial charge on any atom is 0.313 e. The van der Waals surface area contributed by atoms with Crippen LogP contribution in [0, 0.1) is 5.82 Å². The summed E-state index contributed by atoms with van der Waals surface area (Å²) in [7, 11) is 1.50. The Balaban J connectivity index is 2.51. The number of likely N-dealkylation sites (N-methyl/N-ethyl adjacent to an activating group) is 1. The van der Waals surface area contributed by atoms with Crippen LogP contribution in [0.3, 0.4) is 0 Å². The van der Waals surface area contributed by atoms with Crippen LogP contribution in [0.4, 0.5) is 4.39 Å². The average molecular weight is 376 g/mol. The van der Waals surface area contributed by atoms with Gasteiger partial charge in [-0.2, -0.15) is 0 Å². The molecule has 1 aromatic heterocycles. The summed E-state index contributed by atoms with van der Waals surface area (Å²) in [5.74, 6) is -1.92. The molecule has 1 heterocycles. The quantitative estimate of drug-likeness (QED) is 0.779. The highest BCUT2D eigenvalue weighted by molar-refractivity contribution is 9.10. The van der Waals surface area contributed by atoms with Crippen molar-refractivity contribution in [2.24, 2.45) is 0 Å². The number of hydrogen-bond donors (Lipinski definition) is 2. The first-order valence-corrected chi connectivity index (χ1v) is 7.60. The van der Waals surface area contributed by atoms with E-state index in [9.17, 15) is 14.0 Å². The third-order valence-electron chi connectivity index (χ3n) is 2.66. The number of rotatable bonds is 5. The number of carboxylic acid groups (broad SMARTS) is 1. The molecule has 2 aromatic rings. The SMILES string of the molecule is CNC(=O)Cn1c(SCC(=O)O)nc2cc(F)c(Br)cc21. The average Bonchev–Trinajstić information content (AvgIpc) is 2.74. The lowest BCUT2D eigenvalue weighted by Gasteiger charge is -2.07. The van der Waals surface area contributed by atoms with Crippen molar-refractivity contribution in [1.29, 1.82) is 0 Å². The van der Waals surface area contributed by atoms with Gasteiger partial charge >= 0.3 is 5.97 Å². The molecule has 0 spiro atoms. The second-order valence-electron chi connectivity index (χ2n) is 4.09. The van der Waals surface area contributed by atoms with Gasteiger partial charge in [-0.05, 0) is 22.0 Å². The second kappa shape index (κ2) is 6.44. The van der Waals surface area contributed by atoms with Gasteiger partial charge < -0.3 is 15.0 Å². The van der Waals surface area contributed by atoms with Gasteiger partial charge in [0.15, 0.2) is 5.16 Å². The second-order valence-corrected chi connectivity index (χ2v) is 5.89. The van der Waals surface area contributed by atoms with E-state index in [1.807, 2.05) is 0 Å². The molecule has 0 aliphatic heterocycles. The maximum atomic E-state index is 13.6. The number of carbonyl (C=O) groups is 2. The maximum absolute atomic E-state index is 13.6. The molecule has 2 rings (SSSR count). The Morgan fingerprint density at radius 3 is 2.86 bits per heavy atom. The van der Waals surface area contributed by atoms with Gasteiger partial charge in [-0.1, -0.05) is 11.8 Å². The van der Waals surface area contributed by atoms with Crippen LogP contribution >= 0.6 is 27.7 Å². The number of benzene rings is 1. The first-order chi connectivity index (χ1) is 9.92. The standard InChI is InChI=1S/C12H11BrFN3O3S/c1-15-10(18)4-17-9-2-6(13)7(14)3-8(9)16-12(17)21-5-11(19)20/h2-3H,4-5H2,1H3,(H,15,18)(H,19,20). The Morgan fingerprint density at radius 2 is 2.24 bits per heavy atom. The molecule has 21 heavy (non-hydrogen) atoms. The van der Waals surface area contributed by atoms with Crippen molar-refractivity contribution in [3.8, 4) is 0 Å². The number of nitrogens with one attached hydrogen (secondary N) is 1. The summed E-state index contributed by atoms with van der Waals surface area (Å²) >= 11 is 4.07. The van der Waals surface area contributed by atoms with Crippen LogP contribution in [0.25, 0.3) is 11.0 Å². The smallest absolute Gasteiger partial charge is 0.313 e. The van der Waals surface area contributed by atoms with Gasteiger partial charge in [0.25, 0.3) is 0 Å². The Hall–Kier alpha value is -1.61. The van der Waals surface area contributed by atoms with Crippen molar-refractivity contribution in [2.45, 2.75) is 11.7 Å². The van der Waals surface area contributed by atoms with Gasteiger partial charge in [0.05, 0.1) is 21.3 Å². The van der Waals surface area contributed by atoms with Crippen LogP contribution in [0.15, 0.2) is 21.8 Å². The highest BCUT2D eigenvalue weighted by atomic mass is 79.9. The summed E-state index contributed by atoms with van der Waals surface area (Å²) in [5, 5.41) is 11.6. The van der Waals surface area contributed by atoms with Gasteiger partial charge in [0.1, 0.15) is 12.4 Å². The van der Waals surface area contributed by atoms with Gasteiger partial charge in [0.2, 0.25) is 5.91 Å². The Morgan fingerprint density at radius 1 is 1.52 bits per heavy atom. The minimum absolute atomic E-state index is 0.0208. The molecule has 1 aromatic carbocycles. The van der Waals surface area contributed by atoms with E-state index in [2.05, 4.69) is 26.2 Å². The van der Waals surface area contributed by atoms with Crippen LogP contribution in [-0.2, 0) is 16.1 Å². The highest BCUT2D eigenvalue weighted by Gasteiger charge is 2.16. The molecule has 0 bridgehead atoms. The van der Waals surface area contributed by atoms with Gasteiger partial charge in [-0.15, -0.1) is 0 Å². The molecule has 2 N–H and O–H groups in total. The number of carboxylic acids is 1. The van der Waals surface area contributed by atoms with E-state index in [-0.39, 0.29) is 22.7 Å². The predicted molar refractivity (Wildman–Crippen MR) is 79.8 cm³/mol. The zero-order valence-electron chi connectivity index (χ0n) is 10.9. The van der Waals surface area contributed by atoms with E-state index in [0.29, 0.717) is 16.2 Å². The van der Waals surface area contributed by atoms with Crippen molar-refractivity contribution in [3.05, 3.63) is 22.4 Å². The molecule has 0 radical (unpaired) electrons. The molecule has 0 saturated carbocycles. The predicted octanol–water partition coefficient (Wildman–Crippen LogP) is 1.86. The topological polar surface area (TPSA) is 84.2 Å². The van der Waals surface area contributed by atoms with Crippen LogP contribution < -0.4 is 5.32 Å². The fraction of sp³-hybridized carbons (Fsp3) is 0.250. The van der Waals surface area contributed by atoms with E-state index < -0.39 is 11.8 Å². The van der Waals surface area contributed by atoms with Crippen LogP contribution in [0.2, 0.25) is 0 Å². The zero-order chi connectivity index (χ0) is 15.6. The third-order valence-corrected chi connectivity index (χ3v) is 4.23. The Bertz CT molecular complexity index is 719. The van der Waals surface area contributed by atoms with Crippen LogP contribution in [0.5, 0.6) is 0 Å². The van der Waals surface area contributed by atoms with Crippen molar-refractivity contribution < 1.29 is 19.1 Å². The number of fused-ring (bicyclic) bond motifs is 1. The van der Waals surface area contributed by atoms with Crippen LogP contribution in [0.1, 0.15) is 0 Å². The van der Waals surface area contributed by atoms with Crippen molar-refractivity contribution >= 4 is 50.6 Å². The van der Waals surface area contributed by atoms with Crippen molar-refractivity contribution in [1.82, 2.24) is 14.9 Å². The number of halogens is 2. The molecular weight excluding hydrogens is 365 g/mol. The number of carbonyl (C=O) groups excluding carboxylic acids is 1. The molecule has 112 valence electrons. The van der Waals surface area contributed by atoms with E-state index in [0.717, 1.165) is 11.8 Å². The van der Waals surface area contributed by atoms with Gasteiger partial charge in [0, 0.05) is 13.1 Å². The zero-order valence-corrected chi connectivity index (χ0v) is 13.3. The third kappa shape index (κ3) is 3.53. The van der Waals surface area contributed by atoms with Crippen molar-refractivity contribution in [3.63, 3.8) is 0 Å². The summed E-state index contributed by atoms with van der Waals surface area (Å²) in [6.07, 6.45) is 0. The number of imidazole rings is 1. The molecular formula is C12H11BrFN3O3S. The fourth-order valence-electron chi connectivity index (χ4n) is 1.71. The summed E-state index contributed by atoms with van der Waals surface area (Å²) in [4.78, 5) is 26.5. The molecule has 0 unspecified atom stereocenters. The molecule has 0 aliphatic rings. The Labute approximate surface area is 131 Å². The largest absolute Gasteiger partial charge is 0.481 e. The summed E-state index contributed by atoms with van der Waals surface area (Å²) in [6.45, 7) is -0.0208. The minimum atomic E-state index is -0.995. The molecule has 0 atom stereocenters.